The highest BCUT2D eigenvalue weighted by Crippen LogP contribution is 2.39. The van der Waals surface area contributed by atoms with Gasteiger partial charge in [-0.25, -0.2) is 0 Å². The monoisotopic (exact) mass is 369 g/mol. The minimum Gasteiger partial charge on any atom is -0.369 e. The summed E-state index contributed by atoms with van der Waals surface area (Å²) in [5.41, 5.74) is 8.03. The summed E-state index contributed by atoms with van der Waals surface area (Å²) in [6, 6.07) is 7.98. The van der Waals surface area contributed by atoms with Crippen LogP contribution in [0, 0.1) is 0 Å². The van der Waals surface area contributed by atoms with Crippen molar-refractivity contribution in [2.24, 2.45) is 10.7 Å². The third-order valence-electron chi connectivity index (χ3n) is 4.64. The Labute approximate surface area is 159 Å². The van der Waals surface area contributed by atoms with Gasteiger partial charge in [0, 0.05) is 31.0 Å². The van der Waals surface area contributed by atoms with E-state index in [2.05, 4.69) is 15.1 Å². The van der Waals surface area contributed by atoms with Crippen molar-refractivity contribution in [3.05, 3.63) is 35.7 Å². The highest BCUT2D eigenvalue weighted by Gasteiger charge is 2.29. The molecule has 2 N–H and O–H groups in total. The number of aliphatic imine (C=N–C) groups is 1. The minimum atomic E-state index is -0.160. The topological polar surface area (TPSA) is 97.6 Å². The summed E-state index contributed by atoms with van der Waals surface area (Å²) in [5.74, 6) is 1.92. The van der Waals surface area contributed by atoms with Crippen LogP contribution >= 0.6 is 0 Å². The van der Waals surface area contributed by atoms with Gasteiger partial charge in [-0.2, -0.15) is 9.98 Å². The van der Waals surface area contributed by atoms with Gasteiger partial charge in [0.1, 0.15) is 0 Å². The Kier molecular flexibility index (Phi) is 6.21. The first kappa shape index (κ1) is 19.1. The van der Waals surface area contributed by atoms with Crippen molar-refractivity contribution in [3.8, 4) is 11.4 Å². The van der Waals surface area contributed by atoms with E-state index in [9.17, 15) is 4.79 Å². The molecule has 144 valence electrons. The normalized spacial score (nSPS) is 14.4. The number of rotatable bonds is 8. The molecule has 0 spiro atoms. The Morgan fingerprint density at radius 2 is 2.04 bits per heavy atom. The number of guanidine groups is 1. The van der Waals surface area contributed by atoms with E-state index in [0.717, 1.165) is 42.7 Å². The maximum atomic E-state index is 11.8. The maximum Gasteiger partial charge on any atom is 0.248 e. The number of aromatic nitrogens is 2. The third-order valence-corrected chi connectivity index (χ3v) is 4.64. The van der Waals surface area contributed by atoms with E-state index in [1.807, 2.05) is 43.0 Å². The SMILES string of the molecule is CCCCC(=O)N=C(N)N(CC)Cc1ccc(-c2noc(C3CC3)n2)cc1. The lowest BCUT2D eigenvalue weighted by molar-refractivity contribution is -0.117. The molecule has 3 rings (SSSR count). The van der Waals surface area contributed by atoms with E-state index in [1.165, 1.54) is 0 Å². The third kappa shape index (κ3) is 5.15. The first-order valence-corrected chi connectivity index (χ1v) is 9.65. The molecule has 0 unspecified atom stereocenters. The Morgan fingerprint density at radius 1 is 1.30 bits per heavy atom. The van der Waals surface area contributed by atoms with E-state index in [0.29, 0.717) is 31.3 Å². The molecule has 0 radical (unpaired) electrons. The molecule has 1 saturated carbocycles. The van der Waals surface area contributed by atoms with E-state index < -0.39 is 0 Å². The molecule has 1 fully saturated rings. The molecule has 1 aromatic heterocycles. The van der Waals surface area contributed by atoms with E-state index >= 15 is 0 Å². The fraction of sp³-hybridized carbons (Fsp3) is 0.500. The summed E-state index contributed by atoms with van der Waals surface area (Å²) in [7, 11) is 0. The molecular formula is C20H27N5O2. The number of carbonyl (C=O) groups is 1. The highest BCUT2D eigenvalue weighted by molar-refractivity contribution is 5.92. The lowest BCUT2D eigenvalue weighted by Gasteiger charge is -2.21. The van der Waals surface area contributed by atoms with Gasteiger partial charge in [0.25, 0.3) is 0 Å². The number of amides is 1. The zero-order chi connectivity index (χ0) is 19.2. The number of unbranched alkanes of at least 4 members (excludes halogenated alkanes) is 1. The van der Waals surface area contributed by atoms with Crippen molar-refractivity contribution in [2.45, 2.75) is 58.4 Å². The molecule has 7 heteroatoms. The Hall–Kier alpha value is -2.70. The van der Waals surface area contributed by atoms with Crippen LogP contribution in [0.15, 0.2) is 33.8 Å². The van der Waals surface area contributed by atoms with Gasteiger partial charge in [-0.1, -0.05) is 42.8 Å². The van der Waals surface area contributed by atoms with Crippen molar-refractivity contribution in [1.29, 1.82) is 0 Å². The molecule has 1 aliphatic rings. The van der Waals surface area contributed by atoms with Crippen LogP contribution < -0.4 is 5.73 Å². The van der Waals surface area contributed by atoms with Crippen LogP contribution in [0.1, 0.15) is 63.3 Å². The number of nitrogens with two attached hydrogens (primary N) is 1. The smallest absolute Gasteiger partial charge is 0.248 e. The van der Waals surface area contributed by atoms with Gasteiger partial charge in [0.15, 0.2) is 5.96 Å². The summed E-state index contributed by atoms with van der Waals surface area (Å²) in [4.78, 5) is 22.2. The number of hydrogen-bond donors (Lipinski definition) is 1. The predicted molar refractivity (Wildman–Crippen MR) is 104 cm³/mol. The molecule has 27 heavy (non-hydrogen) atoms. The second kappa shape index (κ2) is 8.79. The van der Waals surface area contributed by atoms with Crippen molar-refractivity contribution >= 4 is 11.9 Å². The van der Waals surface area contributed by atoms with Crippen LogP contribution in [0.5, 0.6) is 0 Å². The number of carbonyl (C=O) groups excluding carboxylic acids is 1. The zero-order valence-electron chi connectivity index (χ0n) is 16.0. The van der Waals surface area contributed by atoms with Gasteiger partial charge in [0.2, 0.25) is 17.6 Å². The van der Waals surface area contributed by atoms with Gasteiger partial charge in [0.05, 0.1) is 0 Å². The maximum absolute atomic E-state index is 11.8. The fourth-order valence-corrected chi connectivity index (χ4v) is 2.77. The Morgan fingerprint density at radius 3 is 2.67 bits per heavy atom. The first-order valence-electron chi connectivity index (χ1n) is 9.65. The molecule has 1 heterocycles. The predicted octanol–water partition coefficient (Wildman–Crippen LogP) is 3.47. The van der Waals surface area contributed by atoms with Crippen LogP contribution in [0.25, 0.3) is 11.4 Å². The number of benzene rings is 1. The number of hydrogen-bond acceptors (Lipinski definition) is 4. The van der Waals surface area contributed by atoms with Crippen LogP contribution in [0.3, 0.4) is 0 Å². The molecule has 1 aliphatic carbocycles. The Bertz CT molecular complexity index is 793. The fourth-order valence-electron chi connectivity index (χ4n) is 2.77. The highest BCUT2D eigenvalue weighted by atomic mass is 16.5. The van der Waals surface area contributed by atoms with Crippen LogP contribution in [0.2, 0.25) is 0 Å². The average Bonchev–Trinajstić information content (AvgIpc) is 3.41. The number of nitrogens with zero attached hydrogens (tertiary/aromatic N) is 4. The molecule has 2 aromatic rings. The second-order valence-corrected chi connectivity index (χ2v) is 6.91. The van der Waals surface area contributed by atoms with Crippen LogP contribution in [-0.2, 0) is 11.3 Å². The molecule has 0 aliphatic heterocycles. The van der Waals surface area contributed by atoms with Crippen molar-refractivity contribution in [2.75, 3.05) is 6.54 Å². The lowest BCUT2D eigenvalue weighted by atomic mass is 10.1. The molecule has 1 aromatic carbocycles. The summed E-state index contributed by atoms with van der Waals surface area (Å²) < 4.78 is 5.32. The van der Waals surface area contributed by atoms with E-state index in [4.69, 9.17) is 10.3 Å². The van der Waals surface area contributed by atoms with Crippen LogP contribution in [-0.4, -0.2) is 33.5 Å². The van der Waals surface area contributed by atoms with Gasteiger partial charge >= 0.3 is 0 Å². The van der Waals surface area contributed by atoms with Gasteiger partial charge in [-0.05, 0) is 31.7 Å². The zero-order valence-corrected chi connectivity index (χ0v) is 16.0. The van der Waals surface area contributed by atoms with E-state index in [1.54, 1.807) is 0 Å². The lowest BCUT2D eigenvalue weighted by Crippen LogP contribution is -2.37. The summed E-state index contributed by atoms with van der Waals surface area (Å²) >= 11 is 0. The van der Waals surface area contributed by atoms with E-state index in [-0.39, 0.29) is 11.9 Å². The van der Waals surface area contributed by atoms with Crippen molar-refractivity contribution in [3.63, 3.8) is 0 Å². The summed E-state index contributed by atoms with van der Waals surface area (Å²) in [5, 5.41) is 4.07. The first-order chi connectivity index (χ1) is 13.1. The molecule has 7 nitrogen and oxygen atoms in total. The quantitative estimate of drug-likeness (QED) is 0.565. The van der Waals surface area contributed by atoms with Gasteiger partial charge in [-0.15, -0.1) is 0 Å². The molecule has 0 saturated heterocycles. The minimum absolute atomic E-state index is 0.160. The average molecular weight is 369 g/mol. The van der Waals surface area contributed by atoms with Gasteiger partial charge < -0.3 is 15.2 Å². The summed E-state index contributed by atoms with van der Waals surface area (Å²) in [6.45, 7) is 5.30. The van der Waals surface area contributed by atoms with Crippen molar-refractivity contribution in [1.82, 2.24) is 15.0 Å². The molecule has 0 atom stereocenters. The second-order valence-electron chi connectivity index (χ2n) is 6.91. The van der Waals surface area contributed by atoms with Crippen molar-refractivity contribution < 1.29 is 9.32 Å². The summed E-state index contributed by atoms with van der Waals surface area (Å²) in [6.07, 6.45) is 4.51. The molecule has 1 amide bonds. The molecular weight excluding hydrogens is 342 g/mol. The molecule has 0 bridgehead atoms. The van der Waals surface area contributed by atoms with Gasteiger partial charge in [-0.3, -0.25) is 4.79 Å². The standard InChI is InChI=1S/C20H27N5O2/c1-3-5-6-17(26)22-20(21)25(4-2)13-14-7-9-15(10-8-14)18-23-19(27-24-18)16-11-12-16/h7-10,16H,3-6,11-13H2,1-2H3,(H2,21,22,26). The van der Waals surface area contributed by atoms with Crippen LogP contribution in [0.4, 0.5) is 0 Å². The largest absolute Gasteiger partial charge is 0.369 e. The Balaban J connectivity index is 1.63.